The van der Waals surface area contributed by atoms with E-state index in [2.05, 4.69) is 0 Å². The van der Waals surface area contributed by atoms with Gasteiger partial charge in [-0.15, -0.1) is 0 Å². The van der Waals surface area contributed by atoms with Gasteiger partial charge in [-0.3, -0.25) is 0 Å². The average Bonchev–Trinajstić information content (AvgIpc) is 0. The molecule has 6 heteroatoms. The van der Waals surface area contributed by atoms with Crippen LogP contribution in [0.5, 0.6) is 0 Å². The first-order chi connectivity index (χ1) is 0. The Hall–Kier alpha value is 3.45. The molecule has 0 amide bonds. The summed E-state index contributed by atoms with van der Waals surface area (Å²) in [7, 11) is 0. The molecular weight excluding hydrogens is 336 g/mol. The van der Waals surface area contributed by atoms with Gasteiger partial charge in [-0.25, -0.2) is 0 Å². The molecule has 0 unspecified atom stereocenters. The monoisotopic (exact) mass is 337 g/mol. The second-order valence-electron chi connectivity index (χ2n) is 0. The fraction of sp³-hybridized carbons (Fsp3) is 0. The molecule has 1 nitrogen and oxygen atoms in total. The molecular formula is H2CeCoLiMnNiO. The van der Waals surface area contributed by atoms with E-state index >= 15 is 0 Å². The summed E-state index contributed by atoms with van der Waals surface area (Å²) in [4.78, 5) is 0. The van der Waals surface area contributed by atoms with Crippen molar-refractivity contribution in [3.05, 3.63) is 0 Å². The minimum absolute atomic E-state index is 0. The topological polar surface area (TPSA) is 31.5 Å². The van der Waals surface area contributed by atoms with Crippen molar-refractivity contribution in [1.29, 1.82) is 0 Å². The molecule has 0 aromatic rings. The molecule has 6 heavy (non-hydrogen) atoms. The summed E-state index contributed by atoms with van der Waals surface area (Å²) < 4.78 is 0. The molecule has 0 bridgehead atoms. The third kappa shape index (κ3) is 26.0. The van der Waals surface area contributed by atoms with Crippen LogP contribution in [0.25, 0.3) is 0 Å². The Bertz CT molecular complexity index is 15.5. The van der Waals surface area contributed by atoms with Crippen molar-refractivity contribution in [2.75, 3.05) is 0 Å². The van der Waals surface area contributed by atoms with Crippen LogP contribution in [0.4, 0.5) is 0 Å². The van der Waals surface area contributed by atoms with Gasteiger partial charge in [0.05, 0.1) is 0 Å². The van der Waals surface area contributed by atoms with E-state index in [0.29, 0.717) is 0 Å². The Labute approximate surface area is 114 Å². The molecule has 0 aliphatic heterocycles. The van der Waals surface area contributed by atoms with Gasteiger partial charge in [-0.05, 0) is 0 Å². The molecule has 0 aliphatic rings. The predicted octanol–water partition coefficient (Wildman–Crippen LogP) is -1.21. The molecule has 0 fully saturated rings. The molecule has 0 spiro atoms. The molecule has 0 saturated heterocycles. The molecule has 3 radical (unpaired) electrons. The van der Waals surface area contributed by atoms with Crippen LogP contribution in [0.1, 0.15) is 0 Å². The largest absolute Gasteiger partial charge is 0.412 e. The fourth-order valence-electron chi connectivity index (χ4n) is 0. The van der Waals surface area contributed by atoms with Crippen molar-refractivity contribution in [3.8, 4) is 0 Å². The van der Waals surface area contributed by atoms with Crippen LogP contribution in [-0.2, 0) is 50.3 Å². The normalized spacial score (nSPS) is 0. The zero-order chi connectivity index (χ0) is 0. The van der Waals surface area contributed by atoms with Crippen molar-refractivity contribution >= 4 is 18.9 Å². The quantitative estimate of drug-likeness (QED) is 0.497. The molecule has 2 N–H and O–H groups in total. The SMILES string of the molecule is O.[Ce].[Co].[Li].[Mn].[Ni]. The van der Waals surface area contributed by atoms with Crippen LogP contribution < -0.4 is 0 Å². The van der Waals surface area contributed by atoms with Crippen molar-refractivity contribution in [1.82, 2.24) is 0 Å². The maximum Gasteiger partial charge on any atom is 0 e. The van der Waals surface area contributed by atoms with E-state index in [9.17, 15) is 0 Å². The molecule has 0 aromatic carbocycles. The molecule has 0 heterocycles. The smallest absolute Gasteiger partial charge is 0 e. The van der Waals surface area contributed by atoms with E-state index in [1.165, 1.54) is 0 Å². The van der Waals surface area contributed by atoms with Gasteiger partial charge in [-0.2, -0.15) is 0 Å². The zero-order valence-corrected chi connectivity index (χ0v) is 9.38. The van der Waals surface area contributed by atoms with Crippen LogP contribution in [0.15, 0.2) is 0 Å². The molecule has 0 atom stereocenters. The van der Waals surface area contributed by atoms with Gasteiger partial charge in [0.25, 0.3) is 0 Å². The van der Waals surface area contributed by atoms with Crippen molar-refractivity contribution in [3.63, 3.8) is 0 Å². The van der Waals surface area contributed by atoms with Crippen LogP contribution in [0.2, 0.25) is 0 Å². The van der Waals surface area contributed by atoms with Crippen LogP contribution in [0.3, 0.4) is 0 Å². The number of rotatable bonds is 0. The van der Waals surface area contributed by atoms with Gasteiger partial charge in [0.2, 0.25) is 0 Å². The van der Waals surface area contributed by atoms with Crippen molar-refractivity contribution < 1.29 is 97.6 Å². The predicted molar refractivity (Wildman–Crippen MR) is 9.37 cm³/mol. The summed E-state index contributed by atoms with van der Waals surface area (Å²) in [6, 6.07) is 0. The minimum Gasteiger partial charge on any atom is -0.412 e. The Kier molecular flexibility index (Phi) is 372. The van der Waals surface area contributed by atoms with Gasteiger partial charge in [0.15, 0.2) is 0 Å². The van der Waals surface area contributed by atoms with Crippen molar-refractivity contribution in [2.24, 2.45) is 0 Å². The Morgan fingerprint density at radius 3 is 1.00 bits per heavy atom. The summed E-state index contributed by atoms with van der Waals surface area (Å²) in [6.07, 6.45) is 0. The first-order valence-electron chi connectivity index (χ1n) is 0. The van der Waals surface area contributed by atoms with Gasteiger partial charge in [-0.1, -0.05) is 0 Å². The molecule has 0 aromatic heterocycles. The summed E-state index contributed by atoms with van der Waals surface area (Å²) in [5.74, 6) is 0. The second-order valence-corrected chi connectivity index (χ2v) is 0. The Morgan fingerprint density at radius 2 is 1.00 bits per heavy atom. The van der Waals surface area contributed by atoms with E-state index in [-0.39, 0.29) is 116 Å². The van der Waals surface area contributed by atoms with Crippen LogP contribution >= 0.6 is 0 Å². The molecule has 39 valence electrons. The van der Waals surface area contributed by atoms with E-state index in [4.69, 9.17) is 0 Å². The second kappa shape index (κ2) is 39.4. The summed E-state index contributed by atoms with van der Waals surface area (Å²) in [6.45, 7) is 0. The molecule has 0 rings (SSSR count). The number of hydrogen-bond donors (Lipinski definition) is 0. The maximum atomic E-state index is 0. The van der Waals surface area contributed by atoms with Crippen molar-refractivity contribution in [2.45, 2.75) is 0 Å². The Balaban J connectivity index is 0. The Morgan fingerprint density at radius 1 is 1.00 bits per heavy atom. The van der Waals surface area contributed by atoms with E-state index in [0.717, 1.165) is 0 Å². The van der Waals surface area contributed by atoms with Crippen LogP contribution in [-0.4, -0.2) is 24.3 Å². The van der Waals surface area contributed by atoms with E-state index in [1.54, 1.807) is 0 Å². The van der Waals surface area contributed by atoms with Gasteiger partial charge in [0.1, 0.15) is 0 Å². The third-order valence-electron chi connectivity index (χ3n) is 0. The first kappa shape index (κ1) is 56.6. The summed E-state index contributed by atoms with van der Waals surface area (Å²) >= 11 is 0. The van der Waals surface area contributed by atoms with Gasteiger partial charge >= 0.3 is 0 Å². The summed E-state index contributed by atoms with van der Waals surface area (Å²) in [5, 5.41) is 0. The fourth-order valence-corrected chi connectivity index (χ4v) is 0. The van der Waals surface area contributed by atoms with Crippen LogP contribution in [0, 0.1) is 41.7 Å². The minimum atomic E-state index is 0. The van der Waals surface area contributed by atoms with E-state index in [1.807, 2.05) is 0 Å². The average molecular weight is 338 g/mol. The zero-order valence-electron chi connectivity index (χ0n) is 3.03. The molecule has 0 aliphatic carbocycles. The van der Waals surface area contributed by atoms with Gasteiger partial charge < -0.3 is 5.48 Å². The maximum absolute atomic E-state index is 0. The number of hydrogen-bond acceptors (Lipinski definition) is 0. The standard InChI is InChI=1S/Ce.Co.Li.Mn.Ni.H2O/h;;;;;1H2. The molecule has 0 saturated carbocycles. The van der Waals surface area contributed by atoms with Gasteiger partial charge in [0, 0.05) is 111 Å². The third-order valence-corrected chi connectivity index (χ3v) is 0. The first-order valence-corrected chi connectivity index (χ1v) is 0. The van der Waals surface area contributed by atoms with E-state index < -0.39 is 0 Å². The summed E-state index contributed by atoms with van der Waals surface area (Å²) in [5.41, 5.74) is 0.